The van der Waals surface area contributed by atoms with Crippen molar-refractivity contribution in [2.45, 2.75) is 0 Å². The van der Waals surface area contributed by atoms with E-state index in [1.54, 1.807) is 0 Å². The van der Waals surface area contributed by atoms with E-state index in [9.17, 15) is 0 Å². The van der Waals surface area contributed by atoms with E-state index in [1.165, 1.54) is 0 Å². The van der Waals surface area contributed by atoms with Gasteiger partial charge in [-0.1, -0.05) is 58.0 Å². The first-order valence-electron chi connectivity index (χ1n) is 3.17. The summed E-state index contributed by atoms with van der Waals surface area (Å²) in [5.41, 5.74) is -0.654. The predicted molar refractivity (Wildman–Crippen MR) is 68.6 cm³/mol. The molecule has 1 aromatic rings. The van der Waals surface area contributed by atoms with Crippen molar-refractivity contribution in [3.8, 4) is 0 Å². The molecule has 0 atom stereocenters. The highest BCUT2D eigenvalue weighted by molar-refractivity contribution is 7.40. The minimum atomic E-state index is -0.915. The second-order valence-corrected chi connectivity index (χ2v) is 5.27. The Hall–Kier alpha value is 1.31. The molecule has 0 aromatic heterocycles. The Labute approximate surface area is 116 Å². The van der Waals surface area contributed by atoms with Crippen LogP contribution in [0.1, 0.15) is 0 Å². The molecule has 1 rings (SSSR count). The van der Waals surface area contributed by atoms with Crippen LogP contribution >= 0.6 is 80.9 Å². The molecule has 0 radical (unpaired) electrons. The van der Waals surface area contributed by atoms with Crippen LogP contribution in [0.3, 0.4) is 0 Å². The van der Waals surface area contributed by atoms with Crippen LogP contribution in [0.2, 0.25) is 25.1 Å². The molecule has 8 heteroatoms. The SMILES string of the molecule is ClB(Cl)c1c(Cl)c(Cl)c(Cl)c(Cl)c1Cl. The van der Waals surface area contributed by atoms with Crippen molar-refractivity contribution >= 4 is 91.9 Å². The van der Waals surface area contributed by atoms with Crippen LogP contribution < -0.4 is 5.46 Å². The van der Waals surface area contributed by atoms with Crippen LogP contribution in [0.5, 0.6) is 0 Å². The molecule has 0 N–H and O–H groups in total. The summed E-state index contributed by atoms with van der Waals surface area (Å²) in [5, 5.41) is 0.483. The molecule has 0 aliphatic heterocycles. The van der Waals surface area contributed by atoms with Gasteiger partial charge in [0.1, 0.15) is 0 Å². The van der Waals surface area contributed by atoms with Crippen LogP contribution in [0.15, 0.2) is 0 Å². The van der Waals surface area contributed by atoms with Gasteiger partial charge in [0.25, 0.3) is 0 Å². The Balaban J connectivity index is 3.60. The first-order chi connectivity index (χ1) is 6.37. The number of hydrogen-bond donors (Lipinski definition) is 0. The summed E-state index contributed by atoms with van der Waals surface area (Å²) in [6.45, 7) is 0. The third kappa shape index (κ3) is 2.35. The van der Waals surface area contributed by atoms with Crippen molar-refractivity contribution in [2.24, 2.45) is 0 Å². The van der Waals surface area contributed by atoms with Crippen molar-refractivity contribution in [1.29, 1.82) is 0 Å². The molecule has 0 unspecified atom stereocenters. The van der Waals surface area contributed by atoms with E-state index in [1.807, 2.05) is 0 Å². The Bertz CT molecular complexity index is 346. The highest BCUT2D eigenvalue weighted by Gasteiger charge is 2.25. The van der Waals surface area contributed by atoms with Gasteiger partial charge in [-0.2, -0.15) is 22.9 Å². The molecule has 0 saturated carbocycles. The zero-order valence-corrected chi connectivity index (χ0v) is 11.5. The summed E-state index contributed by atoms with van der Waals surface area (Å²) in [7, 11) is 0. The van der Waals surface area contributed by atoms with Gasteiger partial charge >= 0.3 is 5.54 Å². The van der Waals surface area contributed by atoms with E-state index in [2.05, 4.69) is 0 Å². The monoisotopic (exact) mass is 328 g/mol. The van der Waals surface area contributed by atoms with Crippen LogP contribution in [0.25, 0.3) is 0 Å². The standard InChI is InChI=1S/C6BCl7/c8-2-1(7(13)14)3(9)5(11)6(12)4(2)10. The molecule has 0 spiro atoms. The number of hydrogen-bond acceptors (Lipinski definition) is 0. The molecule has 0 aliphatic rings. The molecule has 0 aliphatic carbocycles. The van der Waals surface area contributed by atoms with Gasteiger partial charge in [0, 0.05) is 0 Å². The summed E-state index contributed by atoms with van der Waals surface area (Å²) in [5.74, 6) is 0. The molecule has 1 aromatic carbocycles. The zero-order chi connectivity index (χ0) is 11.0. The topological polar surface area (TPSA) is 0 Å². The fourth-order valence-corrected chi connectivity index (χ4v) is 2.84. The highest BCUT2D eigenvalue weighted by atomic mass is 35.5. The fraction of sp³-hybridized carbons (Fsp3) is 0. The van der Waals surface area contributed by atoms with Gasteiger partial charge in [-0.3, -0.25) is 0 Å². The molecule has 0 saturated heterocycles. The maximum atomic E-state index is 5.84. The van der Waals surface area contributed by atoms with E-state index >= 15 is 0 Å². The maximum Gasteiger partial charge on any atom is 0.385 e. The lowest BCUT2D eigenvalue weighted by Crippen LogP contribution is -2.21. The van der Waals surface area contributed by atoms with E-state index < -0.39 is 5.54 Å². The summed E-state index contributed by atoms with van der Waals surface area (Å²) in [6.07, 6.45) is 0. The van der Waals surface area contributed by atoms with Crippen molar-refractivity contribution in [2.75, 3.05) is 0 Å². The molecule has 0 nitrogen and oxygen atoms in total. The van der Waals surface area contributed by atoms with Crippen LogP contribution in [0, 0.1) is 0 Å². The smallest absolute Gasteiger partial charge is 0.164 e. The van der Waals surface area contributed by atoms with Gasteiger partial charge in [-0.05, 0) is 5.46 Å². The Kier molecular flexibility index (Phi) is 4.87. The lowest BCUT2D eigenvalue weighted by molar-refractivity contribution is 1.75. The van der Waals surface area contributed by atoms with E-state index in [0.717, 1.165) is 0 Å². The predicted octanol–water partition coefficient (Wildman–Crippen LogP) is 5.13. The molecular weight excluding hydrogens is 331 g/mol. The van der Waals surface area contributed by atoms with Gasteiger partial charge in [-0.25, -0.2) is 0 Å². The third-order valence-electron chi connectivity index (χ3n) is 1.46. The average molecular weight is 331 g/mol. The van der Waals surface area contributed by atoms with Crippen molar-refractivity contribution < 1.29 is 0 Å². The summed E-state index contributed by atoms with van der Waals surface area (Å²) < 4.78 is 0. The van der Waals surface area contributed by atoms with Crippen LogP contribution in [0.4, 0.5) is 0 Å². The Morgan fingerprint density at radius 2 is 0.857 bits per heavy atom. The normalized spacial score (nSPS) is 10.5. The molecule has 0 bridgehead atoms. The molecule has 76 valence electrons. The average Bonchev–Trinajstić information content (AvgIpc) is 2.11. The van der Waals surface area contributed by atoms with Gasteiger partial charge in [0.05, 0.1) is 25.1 Å². The second kappa shape index (κ2) is 5.10. The van der Waals surface area contributed by atoms with Crippen molar-refractivity contribution in [3.05, 3.63) is 25.1 Å². The molecule has 0 heterocycles. The van der Waals surface area contributed by atoms with Crippen molar-refractivity contribution in [1.82, 2.24) is 0 Å². The first-order valence-corrected chi connectivity index (χ1v) is 5.93. The van der Waals surface area contributed by atoms with Gasteiger partial charge in [-0.15, -0.1) is 0 Å². The Morgan fingerprint density at radius 1 is 0.571 bits per heavy atom. The minimum absolute atomic E-state index is 0.0843. The Morgan fingerprint density at radius 3 is 1.14 bits per heavy atom. The third-order valence-corrected chi connectivity index (χ3v) is 4.20. The lowest BCUT2D eigenvalue weighted by atomic mass is 9.93. The summed E-state index contributed by atoms with van der Waals surface area (Å²) in [6, 6.07) is 0. The molecular formula is C6BCl7. The van der Waals surface area contributed by atoms with Gasteiger partial charge < -0.3 is 0 Å². The summed E-state index contributed by atoms with van der Waals surface area (Å²) in [4.78, 5) is 0. The van der Waals surface area contributed by atoms with E-state index in [4.69, 9.17) is 80.9 Å². The van der Waals surface area contributed by atoms with E-state index in [-0.39, 0.29) is 30.6 Å². The fourth-order valence-electron chi connectivity index (χ4n) is 0.813. The van der Waals surface area contributed by atoms with Crippen LogP contribution in [-0.2, 0) is 0 Å². The van der Waals surface area contributed by atoms with Gasteiger partial charge in [0.15, 0.2) is 0 Å². The second-order valence-electron chi connectivity index (χ2n) is 2.28. The molecule has 0 fully saturated rings. The van der Waals surface area contributed by atoms with Crippen LogP contribution in [-0.4, -0.2) is 5.54 Å². The molecule has 0 amide bonds. The number of benzene rings is 1. The largest absolute Gasteiger partial charge is 0.385 e. The quantitative estimate of drug-likeness (QED) is 0.380. The minimum Gasteiger partial charge on any atom is -0.164 e. The maximum absolute atomic E-state index is 5.84. The lowest BCUT2D eigenvalue weighted by Gasteiger charge is -2.11. The number of halogens is 7. The first kappa shape index (κ1) is 13.4. The number of rotatable bonds is 1. The zero-order valence-electron chi connectivity index (χ0n) is 6.22. The van der Waals surface area contributed by atoms with Gasteiger partial charge in [0.2, 0.25) is 0 Å². The van der Waals surface area contributed by atoms with E-state index in [0.29, 0.717) is 0 Å². The summed E-state index contributed by atoms with van der Waals surface area (Å²) >= 11 is 40.3. The highest BCUT2D eigenvalue weighted by Crippen LogP contribution is 2.39. The molecule has 14 heavy (non-hydrogen) atoms. The van der Waals surface area contributed by atoms with Crippen molar-refractivity contribution in [3.63, 3.8) is 0 Å².